The summed E-state index contributed by atoms with van der Waals surface area (Å²) in [6, 6.07) is 16.7. The summed E-state index contributed by atoms with van der Waals surface area (Å²) < 4.78 is 35.2. The number of rotatable bonds is 5. The smallest absolute Gasteiger partial charge is 0.354 e. The first-order valence-electron chi connectivity index (χ1n) is 11.5. The van der Waals surface area contributed by atoms with E-state index in [9.17, 15) is 13.2 Å². The third kappa shape index (κ3) is 5.23. The van der Waals surface area contributed by atoms with Crippen molar-refractivity contribution in [2.45, 2.75) is 4.90 Å². The van der Waals surface area contributed by atoms with Gasteiger partial charge >= 0.3 is 5.97 Å². The highest BCUT2D eigenvalue weighted by molar-refractivity contribution is 7.93. The Morgan fingerprint density at radius 2 is 1.78 bits per heavy atom. The number of carbonyl (C=O) groups is 1. The number of hydrogen-bond acceptors (Lipinski definition) is 7. The van der Waals surface area contributed by atoms with Crippen LogP contribution in [0.15, 0.2) is 78.0 Å². The summed E-state index contributed by atoms with van der Waals surface area (Å²) in [5, 5.41) is 9.74. The Kier molecular flexibility index (Phi) is 6.72. The van der Waals surface area contributed by atoms with Gasteiger partial charge in [0, 0.05) is 47.7 Å². The molecular weight excluding hydrogens is 492 g/mol. The van der Waals surface area contributed by atoms with Crippen LogP contribution in [-0.4, -0.2) is 55.8 Å². The van der Waals surface area contributed by atoms with Crippen LogP contribution >= 0.6 is 0 Å². The van der Waals surface area contributed by atoms with Gasteiger partial charge in [0.05, 0.1) is 24.4 Å². The fraction of sp³-hybridized carbons (Fsp3) is 0.148. The van der Waals surface area contributed by atoms with Crippen LogP contribution in [0.1, 0.15) is 21.6 Å². The third-order valence-corrected chi connectivity index (χ3v) is 7.24. The zero-order chi connectivity index (χ0) is 25.8. The topological polar surface area (TPSA) is 122 Å². The number of para-hydroxylation sites is 2. The molecule has 1 saturated heterocycles. The third-order valence-electron chi connectivity index (χ3n) is 5.85. The van der Waals surface area contributed by atoms with Crippen LogP contribution in [-0.2, 0) is 14.8 Å². The SMILES string of the molecule is O=C(O)c1ccc(C#Cc2ccccc2NS(=O)(=O)c2cccc3c(N4CCOCC4)ccnc23)cn1. The van der Waals surface area contributed by atoms with E-state index in [2.05, 4.69) is 31.4 Å². The van der Waals surface area contributed by atoms with Crippen molar-refractivity contribution in [3.05, 3.63) is 89.9 Å². The molecule has 9 nitrogen and oxygen atoms in total. The van der Waals surface area contributed by atoms with E-state index in [0.717, 1.165) is 24.2 Å². The van der Waals surface area contributed by atoms with E-state index >= 15 is 0 Å². The molecule has 3 heterocycles. The number of carboxylic acids is 1. The van der Waals surface area contributed by atoms with Gasteiger partial charge in [0.1, 0.15) is 10.6 Å². The van der Waals surface area contributed by atoms with Crippen LogP contribution in [0.2, 0.25) is 0 Å². The molecule has 1 fully saturated rings. The predicted molar refractivity (Wildman–Crippen MR) is 139 cm³/mol. The lowest BCUT2D eigenvalue weighted by Gasteiger charge is -2.29. The molecule has 10 heteroatoms. The molecule has 4 aromatic rings. The lowest BCUT2D eigenvalue weighted by molar-refractivity contribution is 0.0690. The monoisotopic (exact) mass is 514 g/mol. The summed E-state index contributed by atoms with van der Waals surface area (Å²) >= 11 is 0. The van der Waals surface area contributed by atoms with Crippen molar-refractivity contribution in [3.8, 4) is 11.8 Å². The summed E-state index contributed by atoms with van der Waals surface area (Å²) in [6.45, 7) is 2.66. The molecule has 1 aliphatic rings. The quantitative estimate of drug-likeness (QED) is 0.389. The highest BCUT2D eigenvalue weighted by Gasteiger charge is 2.22. The molecule has 186 valence electrons. The van der Waals surface area contributed by atoms with Gasteiger partial charge in [-0.3, -0.25) is 9.71 Å². The van der Waals surface area contributed by atoms with Crippen molar-refractivity contribution < 1.29 is 23.1 Å². The number of hydrogen-bond donors (Lipinski definition) is 2. The van der Waals surface area contributed by atoms with Crippen LogP contribution in [0, 0.1) is 11.8 Å². The van der Waals surface area contributed by atoms with Gasteiger partial charge < -0.3 is 14.7 Å². The summed E-state index contributed by atoms with van der Waals surface area (Å²) in [4.78, 5) is 21.5. The standard InChI is InChI=1S/C27H22N4O5S/c32-27(33)23-11-9-19(18-29-23)8-10-20-4-1-2-6-22(20)30-37(34,35)25-7-3-5-21-24(12-13-28-26(21)25)31-14-16-36-17-15-31/h1-7,9,11-13,18,30H,14-17H2,(H,32,33). The fourth-order valence-corrected chi connectivity index (χ4v) is 5.30. The molecule has 0 unspecified atom stereocenters. The van der Waals surface area contributed by atoms with Crippen LogP contribution in [0.5, 0.6) is 0 Å². The molecule has 5 rings (SSSR count). The first-order chi connectivity index (χ1) is 17.9. The van der Waals surface area contributed by atoms with E-state index in [1.54, 1.807) is 42.6 Å². The molecule has 0 bridgehead atoms. The number of fused-ring (bicyclic) bond motifs is 1. The Labute approximate surface area is 213 Å². The van der Waals surface area contributed by atoms with Gasteiger partial charge in [-0.15, -0.1) is 0 Å². The highest BCUT2D eigenvalue weighted by atomic mass is 32.2. The lowest BCUT2D eigenvalue weighted by Crippen LogP contribution is -2.36. The van der Waals surface area contributed by atoms with E-state index in [0.29, 0.717) is 35.5 Å². The summed E-state index contributed by atoms with van der Waals surface area (Å²) in [5.74, 6) is 4.72. The lowest BCUT2D eigenvalue weighted by atomic mass is 10.1. The molecule has 37 heavy (non-hydrogen) atoms. The zero-order valence-electron chi connectivity index (χ0n) is 19.6. The number of sulfonamides is 1. The first kappa shape index (κ1) is 24.2. The van der Waals surface area contributed by atoms with Gasteiger partial charge in [0.15, 0.2) is 0 Å². The van der Waals surface area contributed by atoms with Gasteiger partial charge in [-0.1, -0.05) is 36.1 Å². The molecule has 2 aromatic carbocycles. The van der Waals surface area contributed by atoms with E-state index in [1.807, 2.05) is 12.1 Å². The summed E-state index contributed by atoms with van der Waals surface area (Å²) in [7, 11) is -4.01. The minimum Gasteiger partial charge on any atom is -0.477 e. The van der Waals surface area contributed by atoms with Crippen molar-refractivity contribution in [1.82, 2.24) is 9.97 Å². The second-order valence-electron chi connectivity index (χ2n) is 8.22. The van der Waals surface area contributed by atoms with Crippen LogP contribution in [0.4, 0.5) is 11.4 Å². The molecule has 0 amide bonds. The van der Waals surface area contributed by atoms with Gasteiger partial charge in [-0.25, -0.2) is 18.2 Å². The molecule has 0 saturated carbocycles. The maximum atomic E-state index is 13.5. The van der Waals surface area contributed by atoms with Crippen molar-refractivity contribution in [1.29, 1.82) is 0 Å². The minimum atomic E-state index is -4.01. The predicted octanol–water partition coefficient (Wildman–Crippen LogP) is 3.37. The number of aromatic nitrogens is 2. The molecular formula is C27H22N4O5S. The highest BCUT2D eigenvalue weighted by Crippen LogP contribution is 2.31. The number of pyridine rings is 2. The van der Waals surface area contributed by atoms with E-state index in [1.165, 1.54) is 18.3 Å². The second-order valence-corrected chi connectivity index (χ2v) is 9.87. The number of carboxylic acid groups (broad SMARTS) is 1. The molecule has 0 aliphatic carbocycles. The number of anilines is 2. The zero-order valence-corrected chi connectivity index (χ0v) is 20.4. The number of morpholine rings is 1. The number of benzene rings is 2. The molecule has 1 aliphatic heterocycles. The van der Waals surface area contributed by atoms with Crippen LogP contribution in [0.3, 0.4) is 0 Å². The summed E-state index contributed by atoms with van der Waals surface area (Å²) in [5.41, 5.74) is 2.48. The first-order valence-corrected chi connectivity index (χ1v) is 12.9. The largest absolute Gasteiger partial charge is 0.477 e. The van der Waals surface area contributed by atoms with Crippen molar-refractivity contribution >= 4 is 38.3 Å². The average molecular weight is 515 g/mol. The number of aromatic carboxylic acids is 1. The van der Waals surface area contributed by atoms with Crippen molar-refractivity contribution in [3.63, 3.8) is 0 Å². The summed E-state index contributed by atoms with van der Waals surface area (Å²) in [6.07, 6.45) is 2.98. The molecule has 0 spiro atoms. The normalized spacial score (nSPS) is 13.6. The Hall–Kier alpha value is -4.46. The van der Waals surface area contributed by atoms with E-state index in [4.69, 9.17) is 9.84 Å². The van der Waals surface area contributed by atoms with Gasteiger partial charge in [0.2, 0.25) is 0 Å². The van der Waals surface area contributed by atoms with Crippen LogP contribution in [0.25, 0.3) is 10.9 Å². The van der Waals surface area contributed by atoms with Crippen molar-refractivity contribution in [2.24, 2.45) is 0 Å². The maximum Gasteiger partial charge on any atom is 0.354 e. The van der Waals surface area contributed by atoms with E-state index < -0.39 is 16.0 Å². The van der Waals surface area contributed by atoms with E-state index in [-0.39, 0.29) is 10.6 Å². The van der Waals surface area contributed by atoms with Crippen molar-refractivity contribution in [2.75, 3.05) is 35.9 Å². The Morgan fingerprint density at radius 1 is 0.973 bits per heavy atom. The number of nitrogens with zero attached hydrogens (tertiary/aromatic N) is 3. The maximum absolute atomic E-state index is 13.5. The Balaban J connectivity index is 1.47. The molecule has 2 N–H and O–H groups in total. The minimum absolute atomic E-state index is 0.0660. The van der Waals surface area contributed by atoms with Gasteiger partial charge in [-0.05, 0) is 36.4 Å². The number of ether oxygens (including phenoxy) is 1. The molecule has 2 aromatic heterocycles. The Bertz CT molecular complexity index is 1640. The number of nitrogens with one attached hydrogen (secondary N) is 1. The fourth-order valence-electron chi connectivity index (χ4n) is 4.05. The second kappa shape index (κ2) is 10.3. The van der Waals surface area contributed by atoms with Gasteiger partial charge in [0.25, 0.3) is 10.0 Å². The average Bonchev–Trinajstić information content (AvgIpc) is 2.92. The molecule has 0 atom stereocenters. The Morgan fingerprint density at radius 3 is 2.54 bits per heavy atom. The van der Waals surface area contributed by atoms with Gasteiger partial charge in [-0.2, -0.15) is 0 Å². The van der Waals surface area contributed by atoms with Crippen LogP contribution < -0.4 is 9.62 Å². The molecule has 0 radical (unpaired) electrons.